The average Bonchev–Trinajstić information content (AvgIpc) is 2.64. The number of primary amides is 1. The maximum atomic E-state index is 13.0. The maximum absolute atomic E-state index is 13.0. The summed E-state index contributed by atoms with van der Waals surface area (Å²) in [7, 11) is 0. The number of hydrogen-bond acceptors (Lipinski definition) is 7. The number of anilines is 3. The summed E-state index contributed by atoms with van der Waals surface area (Å²) in [5.41, 5.74) is 6.24. The van der Waals surface area contributed by atoms with E-state index in [1.54, 1.807) is 6.07 Å². The van der Waals surface area contributed by atoms with Crippen molar-refractivity contribution in [1.29, 1.82) is 0 Å². The van der Waals surface area contributed by atoms with Crippen molar-refractivity contribution in [3.63, 3.8) is 0 Å². The molecule has 3 heterocycles. The van der Waals surface area contributed by atoms with Gasteiger partial charge in [-0.15, -0.1) is 0 Å². The molecular weight excluding hydrogens is 339 g/mol. The fourth-order valence-corrected chi connectivity index (χ4v) is 2.93. The van der Waals surface area contributed by atoms with Crippen LogP contribution in [0.25, 0.3) is 0 Å². The number of halogens is 1. The van der Waals surface area contributed by atoms with E-state index in [-0.39, 0.29) is 24.1 Å². The van der Waals surface area contributed by atoms with Crippen LogP contribution in [-0.2, 0) is 0 Å². The van der Waals surface area contributed by atoms with Crippen LogP contribution < -0.4 is 21.7 Å². The van der Waals surface area contributed by atoms with Crippen LogP contribution in [0.1, 0.15) is 16.8 Å². The van der Waals surface area contributed by atoms with Gasteiger partial charge in [-0.25, -0.2) is 14.4 Å². The summed E-state index contributed by atoms with van der Waals surface area (Å²) in [5, 5.41) is 19.1. The minimum Gasteiger partial charge on any atom is -0.396 e. The molecule has 8 nitrogen and oxygen atoms in total. The van der Waals surface area contributed by atoms with Gasteiger partial charge in [-0.3, -0.25) is 4.79 Å². The van der Waals surface area contributed by atoms with Gasteiger partial charge in [-0.1, -0.05) is 0 Å². The molecule has 26 heavy (non-hydrogen) atoms. The number of rotatable bonds is 6. The highest BCUT2D eigenvalue weighted by atomic mass is 19.1. The summed E-state index contributed by atoms with van der Waals surface area (Å²) in [6.45, 7) is 1.54. The predicted molar refractivity (Wildman–Crippen MR) is 95.7 cm³/mol. The normalized spacial score (nSPS) is 19.8. The molecule has 0 aromatic carbocycles. The Morgan fingerprint density at radius 2 is 2.15 bits per heavy atom. The van der Waals surface area contributed by atoms with Crippen LogP contribution in [-0.4, -0.2) is 46.7 Å². The van der Waals surface area contributed by atoms with Gasteiger partial charge in [-0.05, 0) is 25.1 Å². The first-order valence-electron chi connectivity index (χ1n) is 8.33. The van der Waals surface area contributed by atoms with E-state index in [9.17, 15) is 14.3 Å². The van der Waals surface area contributed by atoms with Crippen molar-refractivity contribution in [3.8, 4) is 0 Å². The van der Waals surface area contributed by atoms with E-state index in [2.05, 4.69) is 25.9 Å². The molecule has 1 fully saturated rings. The summed E-state index contributed by atoms with van der Waals surface area (Å²) in [5.74, 6) is -0.150. The number of nitrogens with zero attached hydrogens (tertiary/aromatic N) is 2. The molecule has 1 saturated heterocycles. The van der Waals surface area contributed by atoms with E-state index in [4.69, 9.17) is 5.73 Å². The van der Waals surface area contributed by atoms with E-state index in [1.165, 1.54) is 18.3 Å². The van der Waals surface area contributed by atoms with Crippen molar-refractivity contribution < 1.29 is 14.3 Å². The van der Waals surface area contributed by atoms with Crippen LogP contribution in [0.5, 0.6) is 0 Å². The highest BCUT2D eigenvalue weighted by Crippen LogP contribution is 2.24. The molecular formula is C17H21FN6O2. The zero-order valence-corrected chi connectivity index (χ0v) is 14.1. The zero-order chi connectivity index (χ0) is 18.5. The monoisotopic (exact) mass is 360 g/mol. The molecule has 0 unspecified atom stereocenters. The first-order chi connectivity index (χ1) is 12.6. The predicted octanol–water partition coefficient (Wildman–Crippen LogP) is 0.840. The minimum absolute atomic E-state index is 0.00135. The Kier molecular flexibility index (Phi) is 5.59. The summed E-state index contributed by atoms with van der Waals surface area (Å²) in [6.07, 6.45) is 3.28. The second-order valence-corrected chi connectivity index (χ2v) is 6.15. The number of nitrogens with one attached hydrogen (secondary N) is 3. The van der Waals surface area contributed by atoms with Crippen molar-refractivity contribution in [1.82, 2.24) is 15.3 Å². The van der Waals surface area contributed by atoms with Crippen LogP contribution in [0, 0.1) is 11.7 Å². The third-order valence-corrected chi connectivity index (χ3v) is 4.34. The van der Waals surface area contributed by atoms with Crippen LogP contribution in [0.3, 0.4) is 0 Å². The molecule has 0 radical (unpaired) electrons. The molecule has 2 aromatic rings. The van der Waals surface area contributed by atoms with E-state index >= 15 is 0 Å². The van der Waals surface area contributed by atoms with Crippen molar-refractivity contribution in [2.24, 2.45) is 11.7 Å². The van der Waals surface area contributed by atoms with Crippen molar-refractivity contribution in [2.75, 3.05) is 30.3 Å². The van der Waals surface area contributed by atoms with Crippen LogP contribution >= 0.6 is 0 Å². The van der Waals surface area contributed by atoms with Gasteiger partial charge >= 0.3 is 0 Å². The third kappa shape index (κ3) is 4.24. The lowest BCUT2D eigenvalue weighted by molar-refractivity contribution is 0.100. The number of carbonyl (C=O) groups excluding carboxylic acids is 1. The first kappa shape index (κ1) is 18.0. The highest BCUT2D eigenvalue weighted by Gasteiger charge is 2.25. The van der Waals surface area contributed by atoms with Gasteiger partial charge in [-0.2, -0.15) is 0 Å². The van der Waals surface area contributed by atoms with Gasteiger partial charge in [0.05, 0.1) is 17.4 Å². The Morgan fingerprint density at radius 1 is 1.35 bits per heavy atom. The average molecular weight is 360 g/mol. The summed E-state index contributed by atoms with van der Waals surface area (Å²) in [6, 6.07) is 4.42. The molecule has 1 amide bonds. The van der Waals surface area contributed by atoms with E-state index in [1.807, 2.05) is 0 Å². The molecule has 1 aliphatic heterocycles. The molecule has 2 atom stereocenters. The molecule has 0 saturated carbocycles. The van der Waals surface area contributed by atoms with Gasteiger partial charge in [0, 0.05) is 37.4 Å². The molecule has 2 aromatic heterocycles. The number of aromatic nitrogens is 2. The lowest BCUT2D eigenvalue weighted by Crippen LogP contribution is -2.45. The lowest BCUT2D eigenvalue weighted by Gasteiger charge is -2.32. The highest BCUT2D eigenvalue weighted by molar-refractivity contribution is 5.98. The molecule has 9 heteroatoms. The number of pyridine rings is 2. The molecule has 138 valence electrons. The van der Waals surface area contributed by atoms with Gasteiger partial charge in [0.15, 0.2) is 0 Å². The number of aliphatic hydroxyl groups excluding tert-OH is 1. The quantitative estimate of drug-likeness (QED) is 0.517. The number of aliphatic hydroxyl groups is 1. The zero-order valence-electron chi connectivity index (χ0n) is 14.1. The molecule has 3 rings (SSSR count). The topological polar surface area (TPSA) is 125 Å². The number of hydrogen-bond donors (Lipinski definition) is 5. The Hall–Kier alpha value is -2.78. The fourth-order valence-electron chi connectivity index (χ4n) is 2.93. The smallest absolute Gasteiger partial charge is 0.252 e. The number of piperidine rings is 1. The number of amides is 1. The van der Waals surface area contributed by atoms with E-state index in [0.717, 1.165) is 19.2 Å². The largest absolute Gasteiger partial charge is 0.396 e. The van der Waals surface area contributed by atoms with Crippen LogP contribution in [0.15, 0.2) is 30.6 Å². The summed E-state index contributed by atoms with van der Waals surface area (Å²) >= 11 is 0. The van der Waals surface area contributed by atoms with E-state index < -0.39 is 11.7 Å². The fraction of sp³-hybridized carbons (Fsp3) is 0.353. The third-order valence-electron chi connectivity index (χ3n) is 4.34. The number of carbonyl (C=O) groups is 1. The Bertz CT molecular complexity index is 770. The van der Waals surface area contributed by atoms with Crippen molar-refractivity contribution >= 4 is 23.2 Å². The molecule has 6 N–H and O–H groups in total. The Morgan fingerprint density at radius 3 is 2.85 bits per heavy atom. The van der Waals surface area contributed by atoms with Crippen molar-refractivity contribution in [3.05, 3.63) is 42.0 Å². The molecule has 0 bridgehead atoms. The number of nitrogens with two attached hydrogens (primary N) is 1. The second-order valence-electron chi connectivity index (χ2n) is 6.15. The molecule has 1 aliphatic rings. The van der Waals surface area contributed by atoms with Gasteiger partial charge < -0.3 is 26.8 Å². The second kappa shape index (κ2) is 8.07. The van der Waals surface area contributed by atoms with Crippen LogP contribution in [0.2, 0.25) is 0 Å². The molecule has 0 spiro atoms. The molecule has 0 aliphatic carbocycles. The maximum Gasteiger partial charge on any atom is 0.252 e. The Labute approximate surface area is 150 Å². The summed E-state index contributed by atoms with van der Waals surface area (Å²) < 4.78 is 13.0. The standard InChI is InChI=1S/C17H21FN6O2/c18-11-1-2-15(21-7-11)24-16-5-14(12(8-22-16)17(19)26)23-13-3-4-20-6-10(13)9-25/h1-2,5,7-8,10,13,20,25H,3-4,6,9H2,(H2,19,26)(H2,21,22,23,24)/t10-,13-/m1/s1. The van der Waals surface area contributed by atoms with Gasteiger partial charge in [0.25, 0.3) is 5.91 Å². The lowest BCUT2D eigenvalue weighted by atomic mass is 9.93. The van der Waals surface area contributed by atoms with Crippen LogP contribution in [0.4, 0.5) is 21.7 Å². The minimum atomic E-state index is -0.596. The van der Waals surface area contributed by atoms with Crippen molar-refractivity contribution in [2.45, 2.75) is 12.5 Å². The Balaban J connectivity index is 1.84. The SMILES string of the molecule is NC(=O)c1cnc(Nc2ccc(F)cn2)cc1N[C@@H]1CCNC[C@@H]1CO. The summed E-state index contributed by atoms with van der Waals surface area (Å²) in [4.78, 5) is 19.8. The van der Waals surface area contributed by atoms with Gasteiger partial charge in [0.1, 0.15) is 17.5 Å². The van der Waals surface area contributed by atoms with Gasteiger partial charge in [0.2, 0.25) is 0 Å². The first-order valence-corrected chi connectivity index (χ1v) is 8.33. The van der Waals surface area contributed by atoms with E-state index in [0.29, 0.717) is 23.9 Å².